The average Bonchev–Trinajstić information content (AvgIpc) is 2.59. The molecule has 0 radical (unpaired) electrons. The summed E-state index contributed by atoms with van der Waals surface area (Å²) in [7, 11) is 0. The molecule has 0 heterocycles. The Morgan fingerprint density at radius 2 is 1.92 bits per heavy atom. The van der Waals surface area contributed by atoms with Crippen molar-refractivity contribution in [1.82, 2.24) is 0 Å². The quantitative estimate of drug-likeness (QED) is 0.267. The molecule has 0 fully saturated rings. The highest BCUT2D eigenvalue weighted by Gasteiger charge is 2.13. The monoisotopic (exact) mass is 384 g/mol. The molecule has 6 nitrogen and oxygen atoms in total. The molecule has 3 N–H and O–H groups in total. The highest BCUT2D eigenvalue weighted by atomic mass is 35.5. The number of carbonyl (C=O) groups excluding carboxylic acids is 1. The van der Waals surface area contributed by atoms with E-state index in [1.165, 1.54) is 18.2 Å². The van der Waals surface area contributed by atoms with E-state index in [1.807, 2.05) is 5.32 Å². The number of Topliss-reactive ketones (excluding diaryl/α,β-unsaturated/α-hetero) is 1. The number of non-ortho nitro benzene ring substituents is 1. The van der Waals surface area contributed by atoms with E-state index >= 15 is 0 Å². The van der Waals surface area contributed by atoms with Gasteiger partial charge in [0.1, 0.15) is 12.6 Å². The number of carbonyl (C=O) groups is 1. The molecule has 0 aliphatic heterocycles. The first-order valence-electron chi connectivity index (χ1n) is 7.50. The summed E-state index contributed by atoms with van der Waals surface area (Å²) >= 11 is 5.80. The number of quaternary nitrogens is 1. The molecule has 1 unspecified atom stereocenters. The Kier molecular flexibility index (Phi) is 8.51. The number of ketones is 1. The Morgan fingerprint density at radius 3 is 2.56 bits per heavy atom. The van der Waals surface area contributed by atoms with Crippen molar-refractivity contribution in [3.8, 4) is 0 Å². The van der Waals surface area contributed by atoms with Gasteiger partial charge in [-0.2, -0.15) is 0 Å². The molecule has 134 valence electrons. The van der Waals surface area contributed by atoms with Gasteiger partial charge in [-0.25, -0.2) is 0 Å². The number of aliphatic hydroxyl groups is 1. The molecule has 0 aliphatic carbocycles. The molecule has 8 heteroatoms. The maximum Gasteiger partial charge on any atom is 0.270 e. The lowest BCUT2D eigenvalue weighted by molar-refractivity contribution is -0.660. The van der Waals surface area contributed by atoms with E-state index < -0.39 is 11.0 Å². The van der Waals surface area contributed by atoms with Gasteiger partial charge in [0.25, 0.3) is 5.69 Å². The number of rotatable bonds is 8. The van der Waals surface area contributed by atoms with Crippen LogP contribution >= 0.6 is 11.6 Å². The Labute approximate surface area is 156 Å². The summed E-state index contributed by atoms with van der Waals surface area (Å²) in [5.74, 6) is -0.157. The van der Waals surface area contributed by atoms with Crippen molar-refractivity contribution in [2.45, 2.75) is 12.5 Å². The van der Waals surface area contributed by atoms with Crippen molar-refractivity contribution in [3.05, 3.63) is 74.8 Å². The number of hydrogen-bond acceptors (Lipinski definition) is 4. The van der Waals surface area contributed by atoms with Gasteiger partial charge in [0.05, 0.1) is 17.9 Å². The van der Waals surface area contributed by atoms with Crippen LogP contribution in [0.15, 0.2) is 48.5 Å². The highest BCUT2D eigenvalue weighted by Crippen LogP contribution is 2.15. The predicted molar refractivity (Wildman–Crippen MR) is 90.1 cm³/mol. The van der Waals surface area contributed by atoms with Gasteiger partial charge in [0, 0.05) is 22.7 Å². The molecule has 0 aliphatic rings. The minimum absolute atomic E-state index is 0. The number of nitrogens with zero attached hydrogens (tertiary/aromatic N) is 1. The maximum absolute atomic E-state index is 12.1. The van der Waals surface area contributed by atoms with Crippen molar-refractivity contribution in [2.75, 3.05) is 13.1 Å². The molecular weight excluding hydrogens is 367 g/mol. The van der Waals surface area contributed by atoms with Gasteiger partial charge >= 0.3 is 0 Å². The number of aliphatic hydroxyl groups excluding tert-OH is 1. The minimum atomic E-state index is -0.643. The SMILES string of the molecule is O=C(CC[NH2+]CC(O)c1ccc(Cl)cc1)c1cccc([N+](=O)[O-])c1.[Cl-]. The van der Waals surface area contributed by atoms with Crippen LogP contribution in [0.1, 0.15) is 28.4 Å². The Hall–Kier alpha value is -1.99. The lowest BCUT2D eigenvalue weighted by Gasteiger charge is -2.09. The molecule has 0 saturated carbocycles. The van der Waals surface area contributed by atoms with Gasteiger partial charge in [0.2, 0.25) is 0 Å². The molecule has 2 rings (SSSR count). The first-order chi connectivity index (χ1) is 11.5. The van der Waals surface area contributed by atoms with Gasteiger partial charge in [0.15, 0.2) is 5.78 Å². The fourth-order valence-corrected chi connectivity index (χ4v) is 2.39. The second-order valence-corrected chi connectivity index (χ2v) is 5.80. The zero-order valence-corrected chi connectivity index (χ0v) is 14.8. The van der Waals surface area contributed by atoms with E-state index in [4.69, 9.17) is 11.6 Å². The topological polar surface area (TPSA) is 97.0 Å². The molecule has 2 aromatic rings. The van der Waals surface area contributed by atoms with Crippen LogP contribution in [0, 0.1) is 10.1 Å². The lowest BCUT2D eigenvalue weighted by atomic mass is 10.1. The zero-order chi connectivity index (χ0) is 17.5. The Balaban J connectivity index is 0.00000312. The first-order valence-corrected chi connectivity index (χ1v) is 7.88. The number of nitrogens with two attached hydrogens (primary N) is 1. The van der Waals surface area contributed by atoms with Crippen LogP contribution in [0.2, 0.25) is 5.02 Å². The second kappa shape index (κ2) is 10.1. The number of halogens is 2. The van der Waals surface area contributed by atoms with Crippen molar-refractivity contribution in [3.63, 3.8) is 0 Å². The van der Waals surface area contributed by atoms with Gasteiger partial charge in [-0.3, -0.25) is 14.9 Å². The second-order valence-electron chi connectivity index (χ2n) is 5.36. The van der Waals surface area contributed by atoms with Crippen molar-refractivity contribution in [1.29, 1.82) is 0 Å². The highest BCUT2D eigenvalue weighted by molar-refractivity contribution is 6.30. The predicted octanol–water partition coefficient (Wildman–Crippen LogP) is -0.878. The van der Waals surface area contributed by atoms with Crippen LogP contribution in [0.3, 0.4) is 0 Å². The van der Waals surface area contributed by atoms with Crippen LogP contribution < -0.4 is 17.7 Å². The van der Waals surface area contributed by atoms with E-state index in [1.54, 1.807) is 30.3 Å². The van der Waals surface area contributed by atoms with E-state index in [0.717, 1.165) is 5.56 Å². The molecule has 0 bridgehead atoms. The number of benzene rings is 2. The minimum Gasteiger partial charge on any atom is -1.00 e. The summed E-state index contributed by atoms with van der Waals surface area (Å²) in [6, 6.07) is 12.6. The molecule has 1 atom stereocenters. The summed E-state index contributed by atoms with van der Waals surface area (Å²) in [5, 5.41) is 23.2. The summed E-state index contributed by atoms with van der Waals surface area (Å²) in [5.41, 5.74) is 1.000. The van der Waals surface area contributed by atoms with Gasteiger partial charge in [-0.15, -0.1) is 0 Å². The summed E-state index contributed by atoms with van der Waals surface area (Å²) in [4.78, 5) is 22.2. The zero-order valence-electron chi connectivity index (χ0n) is 13.3. The largest absolute Gasteiger partial charge is 1.00 e. The Bertz CT molecular complexity index is 723. The number of nitro groups is 1. The van der Waals surface area contributed by atoms with Crippen molar-refractivity contribution in [2.24, 2.45) is 0 Å². The fourth-order valence-electron chi connectivity index (χ4n) is 2.27. The van der Waals surface area contributed by atoms with Crippen LogP contribution in [0.4, 0.5) is 5.69 Å². The van der Waals surface area contributed by atoms with Crippen molar-refractivity contribution >= 4 is 23.1 Å². The smallest absolute Gasteiger partial charge is 0.270 e. The molecule has 0 amide bonds. The van der Waals surface area contributed by atoms with Gasteiger partial charge < -0.3 is 22.8 Å². The van der Waals surface area contributed by atoms with Crippen LogP contribution in [0.25, 0.3) is 0 Å². The van der Waals surface area contributed by atoms with E-state index in [2.05, 4.69) is 0 Å². The molecule has 0 spiro atoms. The fraction of sp³-hybridized carbons (Fsp3) is 0.235. The van der Waals surface area contributed by atoms with Crippen LogP contribution in [0.5, 0.6) is 0 Å². The van der Waals surface area contributed by atoms with E-state index in [-0.39, 0.29) is 30.3 Å². The average molecular weight is 385 g/mol. The Morgan fingerprint density at radius 1 is 1.24 bits per heavy atom. The van der Waals surface area contributed by atoms with Gasteiger partial charge in [-0.05, 0) is 17.7 Å². The van der Waals surface area contributed by atoms with Gasteiger partial charge in [-0.1, -0.05) is 35.9 Å². The first kappa shape index (κ1) is 21.1. The third kappa shape index (κ3) is 6.43. The summed E-state index contributed by atoms with van der Waals surface area (Å²) < 4.78 is 0. The third-order valence-corrected chi connectivity index (χ3v) is 3.85. The summed E-state index contributed by atoms with van der Waals surface area (Å²) in [6.07, 6.45) is -0.399. The summed E-state index contributed by atoms with van der Waals surface area (Å²) in [6.45, 7) is 0.913. The third-order valence-electron chi connectivity index (χ3n) is 3.60. The lowest BCUT2D eigenvalue weighted by Crippen LogP contribution is -3.00. The maximum atomic E-state index is 12.1. The standard InChI is InChI=1S/C17H17ClN2O4.ClH/c18-14-6-4-12(5-7-14)17(22)11-19-9-8-16(21)13-2-1-3-15(10-13)20(23)24;/h1-7,10,17,19,22H,8-9,11H2;1H. The van der Waals surface area contributed by atoms with Crippen LogP contribution in [-0.4, -0.2) is 28.9 Å². The van der Waals surface area contributed by atoms with Crippen LogP contribution in [-0.2, 0) is 0 Å². The molecule has 0 saturated heterocycles. The molecule has 0 aromatic heterocycles. The molecule has 2 aromatic carbocycles. The molecular formula is C17H18Cl2N2O4. The normalized spacial score (nSPS) is 11.4. The molecule has 25 heavy (non-hydrogen) atoms. The van der Waals surface area contributed by atoms with E-state index in [9.17, 15) is 20.0 Å². The van der Waals surface area contributed by atoms with E-state index in [0.29, 0.717) is 23.7 Å². The number of nitro benzene ring substituents is 1. The number of hydrogen-bond donors (Lipinski definition) is 2. The van der Waals surface area contributed by atoms with Crippen molar-refractivity contribution < 1.29 is 32.5 Å².